The average Bonchev–Trinajstić information content (AvgIpc) is 2.05. The quantitative estimate of drug-likeness (QED) is 0.652. The molecule has 0 spiro atoms. The first-order valence-electron chi connectivity index (χ1n) is 3.65. The monoisotopic (exact) mass is 175 g/mol. The third kappa shape index (κ3) is 1.21. The van der Waals surface area contributed by atoms with Crippen LogP contribution in [0.5, 0.6) is 5.75 Å². The lowest BCUT2D eigenvalue weighted by Crippen LogP contribution is -1.72. The normalized spacial score (nSPS) is 10.3. The highest BCUT2D eigenvalue weighted by Crippen LogP contribution is 2.21. The summed E-state index contributed by atoms with van der Waals surface area (Å²) in [6.45, 7) is 0. The van der Waals surface area contributed by atoms with Gasteiger partial charge in [-0.3, -0.25) is 0 Å². The van der Waals surface area contributed by atoms with Gasteiger partial charge in [0.05, 0.1) is 0 Å². The molecule has 2 aromatic carbocycles. The topological polar surface area (TPSA) is 20.2 Å². The van der Waals surface area contributed by atoms with E-state index in [0.29, 0.717) is 5.75 Å². The third-order valence-corrected chi connectivity index (χ3v) is 2.05. The van der Waals surface area contributed by atoms with E-state index in [1.165, 1.54) is 0 Å². The summed E-state index contributed by atoms with van der Waals surface area (Å²) in [5.74, 6) is 0.291. The van der Waals surface area contributed by atoms with Gasteiger partial charge in [-0.2, -0.15) is 0 Å². The zero-order valence-corrected chi connectivity index (χ0v) is 7.14. The number of hydrogen-bond acceptors (Lipinski definition) is 1. The van der Waals surface area contributed by atoms with Crippen molar-refractivity contribution in [2.75, 3.05) is 0 Å². The molecule has 0 bridgehead atoms. The molecular formula is C10H7OS. The molecule has 1 nitrogen and oxygen atoms in total. The van der Waals surface area contributed by atoms with Crippen LogP contribution in [0.15, 0.2) is 41.3 Å². The Kier molecular flexibility index (Phi) is 1.62. The van der Waals surface area contributed by atoms with Crippen molar-refractivity contribution in [1.82, 2.24) is 0 Å². The second-order valence-electron chi connectivity index (χ2n) is 2.69. The zero-order valence-electron chi connectivity index (χ0n) is 6.32. The number of fused-ring (bicyclic) bond motifs is 1. The van der Waals surface area contributed by atoms with Gasteiger partial charge in [0.25, 0.3) is 0 Å². The van der Waals surface area contributed by atoms with Crippen LogP contribution in [-0.4, -0.2) is 5.11 Å². The number of aromatic hydroxyl groups is 1. The average molecular weight is 175 g/mol. The van der Waals surface area contributed by atoms with Gasteiger partial charge < -0.3 is 5.11 Å². The van der Waals surface area contributed by atoms with Crippen LogP contribution >= 0.6 is 12.6 Å². The molecule has 0 aliphatic heterocycles. The van der Waals surface area contributed by atoms with Crippen molar-refractivity contribution in [3.05, 3.63) is 36.4 Å². The molecule has 0 saturated heterocycles. The van der Waals surface area contributed by atoms with E-state index in [9.17, 15) is 5.11 Å². The second kappa shape index (κ2) is 2.64. The summed E-state index contributed by atoms with van der Waals surface area (Å²) < 4.78 is 0. The minimum atomic E-state index is 0.291. The standard InChI is InChI=1S/C10H7OS/c11-9-3-1-8-6-10(12)4-2-7(8)5-9/h1-6,11H. The van der Waals surface area contributed by atoms with E-state index < -0.39 is 0 Å². The van der Waals surface area contributed by atoms with Crippen molar-refractivity contribution in [3.63, 3.8) is 0 Å². The molecule has 1 radical (unpaired) electrons. The molecule has 0 atom stereocenters. The van der Waals surface area contributed by atoms with Crippen molar-refractivity contribution in [3.8, 4) is 5.75 Å². The van der Waals surface area contributed by atoms with Crippen LogP contribution in [0.25, 0.3) is 10.8 Å². The first-order valence-corrected chi connectivity index (χ1v) is 4.06. The smallest absolute Gasteiger partial charge is 0.116 e. The fourth-order valence-corrected chi connectivity index (χ4v) is 1.41. The van der Waals surface area contributed by atoms with Crippen LogP contribution in [0.2, 0.25) is 0 Å². The SMILES string of the molecule is Oc1ccc2cc([S])ccc2c1. The van der Waals surface area contributed by atoms with Gasteiger partial charge in [-0.1, -0.05) is 24.8 Å². The molecule has 2 aromatic rings. The number of phenols is 1. The van der Waals surface area contributed by atoms with Crippen LogP contribution in [0.3, 0.4) is 0 Å². The number of benzene rings is 2. The van der Waals surface area contributed by atoms with Crippen molar-refractivity contribution in [2.24, 2.45) is 0 Å². The number of hydrogen-bond donors (Lipinski definition) is 1. The van der Waals surface area contributed by atoms with Crippen LogP contribution in [0.1, 0.15) is 0 Å². The van der Waals surface area contributed by atoms with Crippen LogP contribution < -0.4 is 0 Å². The van der Waals surface area contributed by atoms with Crippen LogP contribution in [0.4, 0.5) is 0 Å². The summed E-state index contributed by atoms with van der Waals surface area (Å²) in [4.78, 5) is 0.827. The Morgan fingerprint density at radius 1 is 0.917 bits per heavy atom. The summed E-state index contributed by atoms with van der Waals surface area (Å²) in [7, 11) is 0. The third-order valence-electron chi connectivity index (χ3n) is 1.80. The van der Waals surface area contributed by atoms with E-state index in [2.05, 4.69) is 0 Å². The Balaban J connectivity index is 2.79. The molecule has 2 rings (SSSR count). The first kappa shape index (κ1) is 7.37. The predicted octanol–water partition coefficient (Wildman–Crippen LogP) is 3.10. The molecule has 12 heavy (non-hydrogen) atoms. The zero-order chi connectivity index (χ0) is 8.55. The largest absolute Gasteiger partial charge is 0.508 e. The fraction of sp³-hybridized carbons (Fsp3) is 0. The van der Waals surface area contributed by atoms with Crippen molar-refractivity contribution in [2.45, 2.75) is 4.90 Å². The van der Waals surface area contributed by atoms with Crippen molar-refractivity contribution in [1.29, 1.82) is 0 Å². The van der Waals surface area contributed by atoms with Gasteiger partial charge in [-0.25, -0.2) is 0 Å². The maximum absolute atomic E-state index is 9.17. The molecule has 0 unspecified atom stereocenters. The van der Waals surface area contributed by atoms with E-state index in [1.807, 2.05) is 24.3 Å². The maximum atomic E-state index is 9.17. The van der Waals surface area contributed by atoms with Gasteiger partial charge in [-0.05, 0) is 35.0 Å². The molecule has 59 valence electrons. The molecule has 0 aromatic heterocycles. The van der Waals surface area contributed by atoms with Crippen molar-refractivity contribution < 1.29 is 5.11 Å². The van der Waals surface area contributed by atoms with Crippen molar-refractivity contribution >= 4 is 23.4 Å². The van der Waals surface area contributed by atoms with E-state index in [0.717, 1.165) is 15.7 Å². The molecule has 0 fully saturated rings. The van der Waals surface area contributed by atoms with Crippen LogP contribution in [-0.2, 0) is 0 Å². The molecule has 0 saturated carbocycles. The molecule has 2 heteroatoms. The van der Waals surface area contributed by atoms with E-state index >= 15 is 0 Å². The van der Waals surface area contributed by atoms with E-state index in [1.54, 1.807) is 12.1 Å². The lowest BCUT2D eigenvalue weighted by Gasteiger charge is -1.98. The first-order chi connectivity index (χ1) is 5.75. The van der Waals surface area contributed by atoms with Crippen LogP contribution in [0, 0.1) is 0 Å². The minimum absolute atomic E-state index is 0.291. The minimum Gasteiger partial charge on any atom is -0.508 e. The second-order valence-corrected chi connectivity index (χ2v) is 3.16. The van der Waals surface area contributed by atoms with Gasteiger partial charge in [0, 0.05) is 4.90 Å². The fourth-order valence-electron chi connectivity index (χ4n) is 1.21. The number of rotatable bonds is 0. The molecule has 0 amide bonds. The summed E-state index contributed by atoms with van der Waals surface area (Å²) in [5.41, 5.74) is 0. The Morgan fingerprint density at radius 2 is 1.58 bits per heavy atom. The predicted molar refractivity (Wildman–Crippen MR) is 51.5 cm³/mol. The summed E-state index contributed by atoms with van der Waals surface area (Å²) in [5, 5.41) is 11.3. The lowest BCUT2D eigenvalue weighted by molar-refractivity contribution is 0.476. The summed E-state index contributed by atoms with van der Waals surface area (Å²) in [6.07, 6.45) is 0. The summed E-state index contributed by atoms with van der Waals surface area (Å²) >= 11 is 5.01. The highest BCUT2D eigenvalue weighted by atomic mass is 32.1. The van der Waals surface area contributed by atoms with E-state index in [4.69, 9.17) is 12.6 Å². The molecular weight excluding hydrogens is 168 g/mol. The van der Waals surface area contributed by atoms with Gasteiger partial charge >= 0.3 is 0 Å². The maximum Gasteiger partial charge on any atom is 0.116 e. The van der Waals surface area contributed by atoms with Gasteiger partial charge in [0.15, 0.2) is 0 Å². The lowest BCUT2D eigenvalue weighted by atomic mass is 10.1. The highest BCUT2D eigenvalue weighted by molar-refractivity contribution is 7.80. The Morgan fingerprint density at radius 3 is 2.42 bits per heavy atom. The molecule has 0 aliphatic rings. The Hall–Kier alpha value is -1.28. The van der Waals surface area contributed by atoms with E-state index in [-0.39, 0.29) is 0 Å². The van der Waals surface area contributed by atoms with Gasteiger partial charge in [-0.15, -0.1) is 0 Å². The summed E-state index contributed by atoms with van der Waals surface area (Å²) in [6, 6.07) is 10.9. The highest BCUT2D eigenvalue weighted by Gasteiger charge is 1.94. The molecule has 1 N–H and O–H groups in total. The van der Waals surface area contributed by atoms with Gasteiger partial charge in [0.1, 0.15) is 5.75 Å². The Labute approximate surface area is 76.1 Å². The number of phenolic OH excluding ortho intramolecular Hbond substituents is 1. The Bertz CT molecular complexity index is 382. The molecule has 0 aliphatic carbocycles. The molecule has 0 heterocycles. The van der Waals surface area contributed by atoms with Gasteiger partial charge in [0.2, 0.25) is 0 Å².